The number of carboxylic acid groups (broad SMARTS) is 1. The molecule has 0 aliphatic carbocycles. The van der Waals surface area contributed by atoms with Crippen LogP contribution in [-0.4, -0.2) is 57.0 Å². The minimum atomic E-state index is -3.88. The van der Waals surface area contributed by atoms with E-state index in [1.165, 1.54) is 0 Å². The summed E-state index contributed by atoms with van der Waals surface area (Å²) >= 11 is 0.976. The molecule has 5 N–H and O–H groups in total. The predicted molar refractivity (Wildman–Crippen MR) is 151 cm³/mol. The number of sulfonamides is 1. The Morgan fingerprint density at radius 2 is 2.05 bits per heavy atom. The largest absolute Gasteiger partial charge is 0.487 e. The summed E-state index contributed by atoms with van der Waals surface area (Å²) in [5.41, 5.74) is 3.02. The summed E-state index contributed by atoms with van der Waals surface area (Å²) in [6.45, 7) is 4.61. The van der Waals surface area contributed by atoms with E-state index >= 15 is 0 Å². The molecule has 0 aliphatic rings. The molecular formula is C26H29N7O5S2. The van der Waals surface area contributed by atoms with Gasteiger partial charge in [-0.25, -0.2) is 23.2 Å². The van der Waals surface area contributed by atoms with E-state index in [2.05, 4.69) is 25.6 Å². The molecule has 2 atom stereocenters. The number of rotatable bonds is 12. The lowest BCUT2D eigenvalue weighted by Gasteiger charge is -2.23. The first kappa shape index (κ1) is 27.7. The van der Waals surface area contributed by atoms with E-state index in [1.807, 2.05) is 44.3 Å². The van der Waals surface area contributed by atoms with Crippen LogP contribution in [0.25, 0.3) is 21.1 Å². The molecule has 3 aromatic heterocycles. The lowest BCUT2D eigenvalue weighted by atomic mass is 10.0. The Kier molecular flexibility index (Phi) is 7.85. The average molecular weight is 584 g/mol. The normalized spacial score (nSPS) is 13.7. The van der Waals surface area contributed by atoms with Crippen LogP contribution in [0.15, 0.2) is 59.2 Å². The number of nitrogens with two attached hydrogens (primary N) is 1. The smallest absolute Gasteiger partial charge is 0.321 e. The number of carboxylic acids is 1. The molecule has 5 aromatic rings. The van der Waals surface area contributed by atoms with Gasteiger partial charge in [-0.3, -0.25) is 4.79 Å². The van der Waals surface area contributed by atoms with Gasteiger partial charge in [-0.1, -0.05) is 37.3 Å². The number of benzene rings is 2. The standard InChI is InChI=1S/C26H29N7O5S2/c1-15(2)23(12-29-22(25(34)35)9-16-11-28-20-6-4-3-5-19(16)20)33-13-17(31-32-33)14-38-18-7-8-21-24(10-18)39-26(30-21)40(27,36)37/h3-8,10-11,13,15,22-23,28-29H,9,12,14H2,1-2H3,(H,34,35)(H2,27,36,37)/t22?,23-/m1/s1. The molecule has 0 bridgehead atoms. The van der Waals surface area contributed by atoms with Crippen LogP contribution >= 0.6 is 11.3 Å². The average Bonchev–Trinajstić information content (AvgIpc) is 3.65. The molecule has 0 radical (unpaired) electrons. The first-order valence-corrected chi connectivity index (χ1v) is 14.9. The molecule has 2 aromatic carbocycles. The number of primary sulfonamides is 1. The van der Waals surface area contributed by atoms with Crippen molar-refractivity contribution in [2.24, 2.45) is 11.1 Å². The molecule has 0 aliphatic heterocycles. The number of hydrogen-bond donors (Lipinski definition) is 4. The molecule has 14 heteroatoms. The monoisotopic (exact) mass is 583 g/mol. The van der Waals surface area contributed by atoms with Crippen molar-refractivity contribution in [1.82, 2.24) is 30.3 Å². The summed E-state index contributed by atoms with van der Waals surface area (Å²) in [6.07, 6.45) is 3.98. The number of thiazole rings is 1. The fraction of sp³-hybridized carbons (Fsp3) is 0.308. The molecule has 0 saturated heterocycles. The van der Waals surface area contributed by atoms with Crippen LogP contribution in [0.2, 0.25) is 0 Å². The number of nitrogens with zero attached hydrogens (tertiary/aromatic N) is 4. The topological polar surface area (TPSA) is 178 Å². The van der Waals surface area contributed by atoms with E-state index in [0.29, 0.717) is 34.6 Å². The van der Waals surface area contributed by atoms with E-state index in [-0.39, 0.29) is 22.9 Å². The highest BCUT2D eigenvalue weighted by molar-refractivity contribution is 7.91. The van der Waals surface area contributed by atoms with Gasteiger partial charge in [0.25, 0.3) is 10.0 Å². The summed E-state index contributed by atoms with van der Waals surface area (Å²) in [5.74, 6) is -0.253. The van der Waals surface area contributed by atoms with Gasteiger partial charge in [0, 0.05) is 30.1 Å². The number of ether oxygens (including phenoxy) is 1. The number of nitrogens with one attached hydrogen (secondary N) is 2. The zero-order valence-corrected chi connectivity index (χ0v) is 23.4. The number of aromatic nitrogens is 5. The third-order valence-corrected chi connectivity index (χ3v) is 8.95. The molecule has 0 fully saturated rings. The maximum Gasteiger partial charge on any atom is 0.321 e. The second kappa shape index (κ2) is 11.3. The van der Waals surface area contributed by atoms with Gasteiger partial charge in [0.15, 0.2) is 0 Å². The zero-order chi connectivity index (χ0) is 28.4. The molecule has 12 nitrogen and oxygen atoms in total. The fourth-order valence-corrected chi connectivity index (χ4v) is 6.14. The van der Waals surface area contributed by atoms with E-state index in [0.717, 1.165) is 27.8 Å². The van der Waals surface area contributed by atoms with E-state index in [1.54, 1.807) is 29.1 Å². The second-order valence-electron chi connectivity index (χ2n) is 9.81. The summed E-state index contributed by atoms with van der Waals surface area (Å²) in [6, 6.07) is 12.0. The quantitative estimate of drug-likeness (QED) is 0.172. The Hall–Kier alpha value is -3.85. The second-order valence-corrected chi connectivity index (χ2v) is 12.6. The number of fused-ring (bicyclic) bond motifs is 2. The highest BCUT2D eigenvalue weighted by Gasteiger charge is 2.24. The minimum Gasteiger partial charge on any atom is -0.487 e. The molecule has 1 unspecified atom stereocenters. The first-order chi connectivity index (χ1) is 19.1. The van der Waals surface area contributed by atoms with Crippen LogP contribution < -0.4 is 15.2 Å². The lowest BCUT2D eigenvalue weighted by Crippen LogP contribution is -2.42. The Balaban J connectivity index is 1.23. The van der Waals surface area contributed by atoms with Gasteiger partial charge in [0.1, 0.15) is 24.1 Å². The number of aromatic amines is 1. The van der Waals surface area contributed by atoms with Crippen molar-refractivity contribution in [2.45, 2.75) is 43.3 Å². The molecule has 3 heterocycles. The van der Waals surface area contributed by atoms with Crippen LogP contribution in [0.5, 0.6) is 5.75 Å². The maximum atomic E-state index is 12.1. The number of carbonyl (C=O) groups is 1. The van der Waals surface area contributed by atoms with Crippen molar-refractivity contribution in [1.29, 1.82) is 0 Å². The fourth-order valence-electron chi connectivity index (χ4n) is 4.46. The number of H-pyrrole nitrogens is 1. The van der Waals surface area contributed by atoms with E-state index in [4.69, 9.17) is 9.88 Å². The summed E-state index contributed by atoms with van der Waals surface area (Å²) in [4.78, 5) is 19.3. The van der Waals surface area contributed by atoms with E-state index < -0.39 is 22.0 Å². The SMILES string of the molecule is CC(C)[C@@H](CNC(Cc1c[nH]c2ccccc12)C(=O)O)n1cc(COc2ccc3nc(S(N)(=O)=O)sc3c2)nn1. The van der Waals surface area contributed by atoms with Crippen LogP contribution in [0.1, 0.15) is 31.1 Å². The highest BCUT2D eigenvalue weighted by atomic mass is 32.2. The predicted octanol–water partition coefficient (Wildman–Crippen LogP) is 3.08. The van der Waals surface area contributed by atoms with Gasteiger partial charge in [-0.05, 0) is 35.7 Å². The lowest BCUT2D eigenvalue weighted by molar-refractivity contribution is -0.139. The number of para-hydroxylation sites is 1. The van der Waals surface area contributed by atoms with Gasteiger partial charge in [-0.2, -0.15) is 0 Å². The Bertz CT molecular complexity index is 1760. The van der Waals surface area contributed by atoms with Crippen molar-refractivity contribution >= 4 is 48.4 Å². The zero-order valence-electron chi connectivity index (χ0n) is 21.8. The number of hydrogen-bond acceptors (Lipinski definition) is 9. The van der Waals surface area contributed by atoms with Crippen LogP contribution in [0.4, 0.5) is 0 Å². The Morgan fingerprint density at radius 1 is 1.25 bits per heavy atom. The summed E-state index contributed by atoms with van der Waals surface area (Å²) in [5, 5.41) is 27.8. The summed E-state index contributed by atoms with van der Waals surface area (Å²) < 4.78 is 31.2. The third kappa shape index (κ3) is 6.14. The molecule has 40 heavy (non-hydrogen) atoms. The Morgan fingerprint density at radius 3 is 2.80 bits per heavy atom. The van der Waals surface area contributed by atoms with Crippen molar-refractivity contribution in [2.75, 3.05) is 6.54 Å². The van der Waals surface area contributed by atoms with Crippen LogP contribution in [0, 0.1) is 5.92 Å². The van der Waals surface area contributed by atoms with Gasteiger partial charge in [0.05, 0.1) is 22.5 Å². The van der Waals surface area contributed by atoms with Gasteiger partial charge >= 0.3 is 5.97 Å². The van der Waals surface area contributed by atoms with Crippen LogP contribution in [-0.2, 0) is 27.8 Å². The van der Waals surface area contributed by atoms with Gasteiger partial charge in [0.2, 0.25) is 4.34 Å². The molecule has 0 spiro atoms. The van der Waals surface area contributed by atoms with Gasteiger partial charge < -0.3 is 20.1 Å². The molecular weight excluding hydrogens is 554 g/mol. The highest BCUT2D eigenvalue weighted by Crippen LogP contribution is 2.28. The maximum absolute atomic E-state index is 12.1. The first-order valence-electron chi connectivity index (χ1n) is 12.6. The third-order valence-electron chi connectivity index (χ3n) is 6.61. The molecule has 5 rings (SSSR count). The van der Waals surface area contributed by atoms with Crippen LogP contribution in [0.3, 0.4) is 0 Å². The van der Waals surface area contributed by atoms with Crippen molar-refractivity contribution in [3.8, 4) is 5.75 Å². The number of aliphatic carboxylic acids is 1. The van der Waals surface area contributed by atoms with Crippen molar-refractivity contribution < 1.29 is 23.1 Å². The van der Waals surface area contributed by atoms with Gasteiger partial charge in [-0.15, -0.1) is 16.4 Å². The van der Waals surface area contributed by atoms with Crippen molar-refractivity contribution in [3.05, 3.63) is 66.1 Å². The molecule has 0 amide bonds. The van der Waals surface area contributed by atoms with E-state index in [9.17, 15) is 18.3 Å². The minimum absolute atomic E-state index is 0.142. The summed E-state index contributed by atoms with van der Waals surface area (Å²) in [7, 11) is -3.88. The van der Waals surface area contributed by atoms with Crippen molar-refractivity contribution in [3.63, 3.8) is 0 Å². The Labute approximate surface area is 234 Å². The molecule has 0 saturated carbocycles. The molecule has 210 valence electrons.